The van der Waals surface area contributed by atoms with Gasteiger partial charge in [-0.25, -0.2) is 4.79 Å². The van der Waals surface area contributed by atoms with Crippen LogP contribution in [0.15, 0.2) is 45.6 Å². The van der Waals surface area contributed by atoms with Gasteiger partial charge in [-0.05, 0) is 18.1 Å². The molecule has 0 bridgehead atoms. The van der Waals surface area contributed by atoms with Crippen molar-refractivity contribution < 1.29 is 9.21 Å². The quantitative estimate of drug-likeness (QED) is 0.781. The van der Waals surface area contributed by atoms with E-state index in [1.54, 1.807) is 0 Å². The Kier molecular flexibility index (Phi) is 4.65. The lowest BCUT2D eigenvalue weighted by Crippen LogP contribution is -2.28. The van der Waals surface area contributed by atoms with E-state index < -0.39 is 11.0 Å². The second-order valence-corrected chi connectivity index (χ2v) is 6.49. The minimum atomic E-state index is -0.606. The van der Waals surface area contributed by atoms with Gasteiger partial charge in [0.2, 0.25) is 0 Å². The van der Waals surface area contributed by atoms with Crippen LogP contribution in [0.25, 0.3) is 11.3 Å². The largest absolute Gasteiger partial charge is 0.422 e. The van der Waals surface area contributed by atoms with Gasteiger partial charge in [0.25, 0.3) is 0 Å². The summed E-state index contributed by atoms with van der Waals surface area (Å²) in [6, 6.07) is 11.3. The molecule has 0 atom stereocenters. The summed E-state index contributed by atoms with van der Waals surface area (Å²) in [7, 11) is 0. The number of rotatable bonds is 4. The average Bonchev–Trinajstić information content (AvgIpc) is 2.46. The van der Waals surface area contributed by atoms with Gasteiger partial charge < -0.3 is 4.42 Å². The van der Waals surface area contributed by atoms with Crippen molar-refractivity contribution in [1.29, 1.82) is 0 Å². The summed E-state index contributed by atoms with van der Waals surface area (Å²) in [4.78, 5) is 25.0. The normalized spacial score (nSPS) is 11.5. The average molecular weight is 298 g/mol. The van der Waals surface area contributed by atoms with Crippen molar-refractivity contribution in [3.8, 4) is 11.3 Å². The molecule has 0 aliphatic carbocycles. The van der Waals surface area contributed by atoms with E-state index >= 15 is 0 Å². The Labute approximate surface area is 131 Å². The van der Waals surface area contributed by atoms with E-state index in [0.717, 1.165) is 17.5 Å². The van der Waals surface area contributed by atoms with Crippen molar-refractivity contribution >= 4 is 5.78 Å². The van der Waals surface area contributed by atoms with Gasteiger partial charge in [-0.3, -0.25) is 4.79 Å². The van der Waals surface area contributed by atoms with Gasteiger partial charge in [-0.1, -0.05) is 64.4 Å². The van der Waals surface area contributed by atoms with Gasteiger partial charge >= 0.3 is 5.63 Å². The lowest BCUT2D eigenvalue weighted by Gasteiger charge is -2.18. The molecule has 0 saturated heterocycles. The molecular formula is C19H22O3. The standard InChI is InChI=1S/C19H22O3/c1-5-9-14-12-15(13-10-7-6-8-11-13)22-18(21)16(14)17(20)19(2,3)4/h6-8,10-12H,5,9H2,1-4H3. The van der Waals surface area contributed by atoms with E-state index in [4.69, 9.17) is 4.42 Å². The lowest BCUT2D eigenvalue weighted by atomic mass is 9.84. The third kappa shape index (κ3) is 3.35. The van der Waals surface area contributed by atoms with Gasteiger partial charge in [0.15, 0.2) is 5.78 Å². The highest BCUT2D eigenvalue weighted by Crippen LogP contribution is 2.25. The van der Waals surface area contributed by atoms with E-state index in [1.807, 2.05) is 64.1 Å². The highest BCUT2D eigenvalue weighted by molar-refractivity contribution is 6.00. The van der Waals surface area contributed by atoms with Gasteiger partial charge in [-0.15, -0.1) is 0 Å². The molecule has 2 rings (SSSR count). The molecule has 0 N–H and O–H groups in total. The molecule has 0 spiro atoms. The van der Waals surface area contributed by atoms with Gasteiger partial charge in [0, 0.05) is 11.0 Å². The molecule has 0 aliphatic rings. The third-order valence-corrected chi connectivity index (χ3v) is 3.52. The van der Waals surface area contributed by atoms with Crippen LogP contribution in [0.2, 0.25) is 0 Å². The van der Waals surface area contributed by atoms with E-state index in [1.165, 1.54) is 0 Å². The van der Waals surface area contributed by atoms with E-state index in [-0.39, 0.29) is 11.3 Å². The van der Waals surface area contributed by atoms with Crippen molar-refractivity contribution in [2.45, 2.75) is 40.5 Å². The van der Waals surface area contributed by atoms with Crippen LogP contribution in [-0.2, 0) is 6.42 Å². The van der Waals surface area contributed by atoms with Crippen LogP contribution >= 0.6 is 0 Å². The minimum Gasteiger partial charge on any atom is -0.422 e. The third-order valence-electron chi connectivity index (χ3n) is 3.52. The van der Waals surface area contributed by atoms with Crippen LogP contribution in [0.4, 0.5) is 0 Å². The Balaban J connectivity index is 2.62. The van der Waals surface area contributed by atoms with Crippen molar-refractivity contribution in [1.82, 2.24) is 0 Å². The first-order valence-electron chi connectivity index (χ1n) is 7.62. The molecule has 3 heteroatoms. The van der Waals surface area contributed by atoms with E-state index in [2.05, 4.69) is 0 Å². The first-order chi connectivity index (χ1) is 10.3. The number of benzene rings is 1. The van der Waals surface area contributed by atoms with Crippen molar-refractivity contribution in [2.75, 3.05) is 0 Å². The molecular weight excluding hydrogens is 276 g/mol. The molecule has 22 heavy (non-hydrogen) atoms. The fourth-order valence-corrected chi connectivity index (χ4v) is 2.37. The summed E-state index contributed by atoms with van der Waals surface area (Å²) in [5.41, 5.74) is 0.675. The smallest absolute Gasteiger partial charge is 0.347 e. The molecule has 1 heterocycles. The Morgan fingerprint density at radius 3 is 2.32 bits per heavy atom. The summed E-state index contributed by atoms with van der Waals surface area (Å²) in [6.07, 6.45) is 1.55. The predicted octanol–water partition coefficient (Wildman–Crippen LogP) is 4.49. The number of hydrogen-bond acceptors (Lipinski definition) is 3. The fourth-order valence-electron chi connectivity index (χ4n) is 2.37. The topological polar surface area (TPSA) is 47.3 Å². The number of Topliss-reactive ketones (excluding diaryl/α,β-unsaturated/α-hetero) is 1. The van der Waals surface area contributed by atoms with Gasteiger partial charge in [0.1, 0.15) is 11.3 Å². The maximum atomic E-state index is 12.6. The zero-order chi connectivity index (χ0) is 16.3. The van der Waals surface area contributed by atoms with Crippen LogP contribution in [-0.4, -0.2) is 5.78 Å². The second-order valence-electron chi connectivity index (χ2n) is 6.49. The molecule has 116 valence electrons. The summed E-state index contributed by atoms with van der Waals surface area (Å²) in [6.45, 7) is 7.48. The maximum absolute atomic E-state index is 12.6. The molecule has 0 saturated carbocycles. The number of carbonyl (C=O) groups excluding carboxylic acids is 1. The second kappa shape index (κ2) is 6.30. The Hall–Kier alpha value is -2.16. The number of ketones is 1. The predicted molar refractivity (Wildman–Crippen MR) is 88.2 cm³/mol. The van der Waals surface area contributed by atoms with Crippen molar-refractivity contribution in [2.24, 2.45) is 5.41 Å². The first-order valence-corrected chi connectivity index (χ1v) is 7.62. The van der Waals surface area contributed by atoms with Crippen LogP contribution in [0.3, 0.4) is 0 Å². The van der Waals surface area contributed by atoms with Gasteiger partial charge in [0.05, 0.1) is 0 Å². The molecule has 0 unspecified atom stereocenters. The minimum absolute atomic E-state index is 0.163. The monoisotopic (exact) mass is 298 g/mol. The number of aryl methyl sites for hydroxylation is 1. The van der Waals surface area contributed by atoms with Crippen LogP contribution in [0.5, 0.6) is 0 Å². The molecule has 0 fully saturated rings. The van der Waals surface area contributed by atoms with Crippen molar-refractivity contribution in [3.05, 3.63) is 57.9 Å². The Bertz CT molecular complexity index is 719. The Morgan fingerprint density at radius 1 is 1.14 bits per heavy atom. The summed E-state index contributed by atoms with van der Waals surface area (Å²) in [5.74, 6) is 0.351. The zero-order valence-electron chi connectivity index (χ0n) is 13.6. The molecule has 1 aromatic heterocycles. The highest BCUT2D eigenvalue weighted by Gasteiger charge is 2.29. The summed E-state index contributed by atoms with van der Waals surface area (Å²) >= 11 is 0. The zero-order valence-corrected chi connectivity index (χ0v) is 13.6. The van der Waals surface area contributed by atoms with Crippen molar-refractivity contribution in [3.63, 3.8) is 0 Å². The van der Waals surface area contributed by atoms with Crippen LogP contribution in [0.1, 0.15) is 50.0 Å². The number of hydrogen-bond donors (Lipinski definition) is 0. The van der Waals surface area contributed by atoms with Gasteiger partial charge in [-0.2, -0.15) is 0 Å². The van der Waals surface area contributed by atoms with Crippen LogP contribution < -0.4 is 5.63 Å². The lowest BCUT2D eigenvalue weighted by molar-refractivity contribution is 0.0853. The highest BCUT2D eigenvalue weighted by atomic mass is 16.4. The Morgan fingerprint density at radius 2 is 1.77 bits per heavy atom. The first kappa shape index (κ1) is 16.2. The fraction of sp³-hybridized carbons (Fsp3) is 0.368. The summed E-state index contributed by atoms with van der Waals surface area (Å²) < 4.78 is 5.42. The van der Waals surface area contributed by atoms with E-state index in [9.17, 15) is 9.59 Å². The molecule has 0 amide bonds. The van der Waals surface area contributed by atoms with E-state index in [0.29, 0.717) is 12.2 Å². The summed E-state index contributed by atoms with van der Waals surface area (Å²) in [5, 5.41) is 0. The molecule has 3 nitrogen and oxygen atoms in total. The maximum Gasteiger partial charge on any atom is 0.347 e. The van der Waals surface area contributed by atoms with Crippen LogP contribution in [0, 0.1) is 5.41 Å². The molecule has 1 aromatic carbocycles. The SMILES string of the molecule is CCCc1cc(-c2ccccc2)oc(=O)c1C(=O)C(C)(C)C. The molecule has 0 radical (unpaired) electrons. The number of carbonyl (C=O) groups is 1. The molecule has 2 aromatic rings. The molecule has 0 aliphatic heterocycles.